The molecule has 3 aromatic rings. The monoisotopic (exact) mass is 345 g/mol. The normalized spacial score (nSPS) is 10.6. The molecule has 0 aliphatic carbocycles. The van der Waals surface area contributed by atoms with E-state index in [-0.39, 0.29) is 5.91 Å². The largest absolute Gasteiger partial charge is 0.321 e. The second kappa shape index (κ2) is 6.44. The number of halogens is 2. The Hall–Kier alpha value is -2.30. The highest BCUT2D eigenvalue weighted by Gasteiger charge is 2.16. The van der Waals surface area contributed by atoms with E-state index in [4.69, 9.17) is 23.2 Å². The molecule has 0 bridgehead atoms. The van der Waals surface area contributed by atoms with Crippen LogP contribution in [0.25, 0.3) is 5.69 Å². The Bertz CT molecular complexity index is 860. The summed E-state index contributed by atoms with van der Waals surface area (Å²) >= 11 is 11.9. The van der Waals surface area contributed by atoms with Gasteiger partial charge >= 0.3 is 0 Å². The minimum Gasteiger partial charge on any atom is -0.321 e. The van der Waals surface area contributed by atoms with Gasteiger partial charge in [0.1, 0.15) is 0 Å². The molecule has 1 heterocycles. The molecule has 116 valence electrons. The highest BCUT2D eigenvalue weighted by atomic mass is 35.5. The van der Waals surface area contributed by atoms with Gasteiger partial charge in [-0.3, -0.25) is 4.79 Å². The highest BCUT2D eigenvalue weighted by molar-refractivity contribution is 6.36. The first-order valence-electron chi connectivity index (χ1n) is 6.92. The van der Waals surface area contributed by atoms with Crippen molar-refractivity contribution in [2.45, 2.75) is 6.92 Å². The molecule has 3 rings (SSSR count). The summed E-state index contributed by atoms with van der Waals surface area (Å²) in [5, 5.41) is 7.97. The predicted molar refractivity (Wildman–Crippen MR) is 92.7 cm³/mol. The maximum atomic E-state index is 12.5. The number of rotatable bonds is 3. The zero-order valence-electron chi connectivity index (χ0n) is 12.3. The molecule has 0 saturated carbocycles. The van der Waals surface area contributed by atoms with Crippen LogP contribution >= 0.6 is 23.2 Å². The summed E-state index contributed by atoms with van der Waals surface area (Å²) in [6.45, 7) is 1.85. The third-order valence-corrected chi connectivity index (χ3v) is 3.98. The van der Waals surface area contributed by atoms with Gasteiger partial charge in [0.15, 0.2) is 0 Å². The van der Waals surface area contributed by atoms with E-state index in [0.29, 0.717) is 21.3 Å². The Balaban J connectivity index is 1.88. The summed E-state index contributed by atoms with van der Waals surface area (Å²) in [5.41, 5.74) is 2.64. The van der Waals surface area contributed by atoms with Gasteiger partial charge in [0.2, 0.25) is 0 Å². The second-order valence-electron chi connectivity index (χ2n) is 4.97. The van der Waals surface area contributed by atoms with Gasteiger partial charge in [-0.15, -0.1) is 0 Å². The van der Waals surface area contributed by atoms with E-state index in [0.717, 1.165) is 11.4 Å². The number of aromatic nitrogens is 2. The SMILES string of the molecule is Cc1c(C(=O)Nc2ccc(Cl)cc2Cl)cnn1-c1ccccc1. The van der Waals surface area contributed by atoms with E-state index >= 15 is 0 Å². The number of anilines is 1. The number of benzene rings is 2. The first-order chi connectivity index (χ1) is 11.1. The molecule has 0 unspecified atom stereocenters. The first kappa shape index (κ1) is 15.6. The number of hydrogen-bond acceptors (Lipinski definition) is 2. The Kier molecular flexibility index (Phi) is 4.37. The lowest BCUT2D eigenvalue weighted by atomic mass is 10.2. The van der Waals surface area contributed by atoms with E-state index in [1.54, 1.807) is 29.1 Å². The van der Waals surface area contributed by atoms with Crippen molar-refractivity contribution in [1.82, 2.24) is 9.78 Å². The number of nitrogens with one attached hydrogen (secondary N) is 1. The molecule has 23 heavy (non-hydrogen) atoms. The summed E-state index contributed by atoms with van der Waals surface area (Å²) in [5.74, 6) is -0.270. The lowest BCUT2D eigenvalue weighted by molar-refractivity contribution is 0.102. The first-order valence-corrected chi connectivity index (χ1v) is 7.68. The molecule has 1 amide bonds. The van der Waals surface area contributed by atoms with Crippen molar-refractivity contribution < 1.29 is 4.79 Å². The number of carbonyl (C=O) groups is 1. The minimum absolute atomic E-state index is 0.270. The molecular formula is C17H13Cl2N3O. The standard InChI is InChI=1S/C17H13Cl2N3O/c1-11-14(10-20-22(11)13-5-3-2-4-6-13)17(23)21-16-8-7-12(18)9-15(16)19/h2-10H,1H3,(H,21,23). The van der Waals surface area contributed by atoms with Crippen molar-refractivity contribution in [3.8, 4) is 5.69 Å². The maximum absolute atomic E-state index is 12.5. The molecule has 6 heteroatoms. The maximum Gasteiger partial charge on any atom is 0.259 e. The van der Waals surface area contributed by atoms with Crippen LogP contribution in [0.2, 0.25) is 10.0 Å². The van der Waals surface area contributed by atoms with Crippen molar-refractivity contribution in [2.24, 2.45) is 0 Å². The van der Waals surface area contributed by atoms with Crippen LogP contribution in [0.5, 0.6) is 0 Å². The van der Waals surface area contributed by atoms with E-state index in [9.17, 15) is 4.79 Å². The molecule has 0 aliphatic heterocycles. The van der Waals surface area contributed by atoms with Gasteiger partial charge in [0.05, 0.1) is 33.9 Å². The summed E-state index contributed by atoms with van der Waals surface area (Å²) in [4.78, 5) is 12.5. The van der Waals surface area contributed by atoms with Crippen LogP contribution < -0.4 is 5.32 Å². The molecule has 0 aliphatic rings. The zero-order chi connectivity index (χ0) is 16.4. The van der Waals surface area contributed by atoms with E-state index in [1.807, 2.05) is 37.3 Å². The van der Waals surface area contributed by atoms with Crippen LogP contribution in [0.1, 0.15) is 16.1 Å². The molecule has 0 saturated heterocycles. The van der Waals surface area contributed by atoms with Crippen LogP contribution in [0, 0.1) is 6.92 Å². The van der Waals surface area contributed by atoms with Crippen molar-refractivity contribution in [1.29, 1.82) is 0 Å². The molecule has 0 fully saturated rings. The third-order valence-electron chi connectivity index (χ3n) is 3.43. The average Bonchev–Trinajstić information content (AvgIpc) is 2.92. The fourth-order valence-electron chi connectivity index (χ4n) is 2.24. The lowest BCUT2D eigenvalue weighted by Crippen LogP contribution is -2.13. The van der Waals surface area contributed by atoms with Gasteiger partial charge in [-0.1, -0.05) is 41.4 Å². The summed E-state index contributed by atoms with van der Waals surface area (Å²) < 4.78 is 1.72. The van der Waals surface area contributed by atoms with Gasteiger partial charge in [0, 0.05) is 5.02 Å². The Labute approximate surface area is 143 Å². The van der Waals surface area contributed by atoms with Gasteiger partial charge in [-0.25, -0.2) is 4.68 Å². The van der Waals surface area contributed by atoms with Gasteiger partial charge in [0.25, 0.3) is 5.91 Å². The molecule has 4 nitrogen and oxygen atoms in total. The number of para-hydroxylation sites is 1. The number of amides is 1. The van der Waals surface area contributed by atoms with Gasteiger partial charge in [-0.05, 0) is 37.3 Å². The molecular weight excluding hydrogens is 333 g/mol. The fourth-order valence-corrected chi connectivity index (χ4v) is 2.70. The zero-order valence-corrected chi connectivity index (χ0v) is 13.8. The van der Waals surface area contributed by atoms with Crippen LogP contribution in [0.4, 0.5) is 5.69 Å². The molecule has 0 radical (unpaired) electrons. The molecule has 0 atom stereocenters. The fraction of sp³-hybridized carbons (Fsp3) is 0.0588. The average molecular weight is 346 g/mol. The van der Waals surface area contributed by atoms with Crippen LogP contribution in [-0.4, -0.2) is 15.7 Å². The summed E-state index contributed by atoms with van der Waals surface area (Å²) in [7, 11) is 0. The predicted octanol–water partition coefficient (Wildman–Crippen LogP) is 4.74. The van der Waals surface area contributed by atoms with E-state index in [1.165, 1.54) is 0 Å². The van der Waals surface area contributed by atoms with Crippen molar-refractivity contribution in [3.63, 3.8) is 0 Å². The third kappa shape index (κ3) is 3.23. The quantitative estimate of drug-likeness (QED) is 0.745. The number of hydrogen-bond donors (Lipinski definition) is 1. The Morgan fingerprint density at radius 2 is 1.87 bits per heavy atom. The summed E-state index contributed by atoms with van der Waals surface area (Å²) in [6, 6.07) is 14.5. The molecule has 1 N–H and O–H groups in total. The van der Waals surface area contributed by atoms with Crippen molar-refractivity contribution in [3.05, 3.63) is 76.0 Å². The lowest BCUT2D eigenvalue weighted by Gasteiger charge is -2.08. The highest BCUT2D eigenvalue weighted by Crippen LogP contribution is 2.26. The smallest absolute Gasteiger partial charge is 0.259 e. The van der Waals surface area contributed by atoms with Gasteiger partial charge < -0.3 is 5.32 Å². The summed E-state index contributed by atoms with van der Waals surface area (Å²) in [6.07, 6.45) is 1.54. The van der Waals surface area contributed by atoms with Crippen LogP contribution in [-0.2, 0) is 0 Å². The van der Waals surface area contributed by atoms with E-state index < -0.39 is 0 Å². The Morgan fingerprint density at radius 3 is 2.57 bits per heavy atom. The topological polar surface area (TPSA) is 46.9 Å². The van der Waals surface area contributed by atoms with Crippen LogP contribution in [0.3, 0.4) is 0 Å². The van der Waals surface area contributed by atoms with Crippen molar-refractivity contribution >= 4 is 34.8 Å². The number of nitrogens with zero attached hydrogens (tertiary/aromatic N) is 2. The molecule has 0 spiro atoms. The Morgan fingerprint density at radius 1 is 1.13 bits per heavy atom. The molecule has 2 aromatic carbocycles. The molecule has 1 aromatic heterocycles. The second-order valence-corrected chi connectivity index (χ2v) is 5.81. The van der Waals surface area contributed by atoms with Gasteiger partial charge in [-0.2, -0.15) is 5.10 Å². The van der Waals surface area contributed by atoms with Crippen molar-refractivity contribution in [2.75, 3.05) is 5.32 Å². The van der Waals surface area contributed by atoms with E-state index in [2.05, 4.69) is 10.4 Å². The minimum atomic E-state index is -0.270. The number of carbonyl (C=O) groups excluding carboxylic acids is 1. The van der Waals surface area contributed by atoms with Crippen LogP contribution in [0.15, 0.2) is 54.7 Å².